The summed E-state index contributed by atoms with van der Waals surface area (Å²) in [5.41, 5.74) is 0.557. The first-order valence-electron chi connectivity index (χ1n) is 7.43. The number of aromatic nitrogens is 2. The van der Waals surface area contributed by atoms with Gasteiger partial charge < -0.3 is 5.32 Å². The van der Waals surface area contributed by atoms with Gasteiger partial charge in [0.1, 0.15) is 0 Å². The number of carbonyl (C=O) groups is 1. The van der Waals surface area contributed by atoms with Crippen molar-refractivity contribution in [2.24, 2.45) is 0 Å². The number of hydrogen-bond donors (Lipinski definition) is 1. The highest BCUT2D eigenvalue weighted by atomic mass is 32.2. The van der Waals surface area contributed by atoms with Gasteiger partial charge in [-0.1, -0.05) is 30.8 Å². The van der Waals surface area contributed by atoms with E-state index in [1.807, 2.05) is 25.1 Å². The summed E-state index contributed by atoms with van der Waals surface area (Å²) >= 11 is 1.24. The summed E-state index contributed by atoms with van der Waals surface area (Å²) in [6.07, 6.45) is 1.09. The molecule has 0 radical (unpaired) electrons. The molecule has 120 valence electrons. The fourth-order valence-corrected chi connectivity index (χ4v) is 2.97. The van der Waals surface area contributed by atoms with Crippen LogP contribution in [0.5, 0.6) is 0 Å². The molecule has 0 unspecified atom stereocenters. The SMILES string of the molecule is CCCn1c(SCC(=O)NCCC#N)nc2ccccc2c1=O. The van der Waals surface area contributed by atoms with Gasteiger partial charge in [-0.25, -0.2) is 4.98 Å². The van der Waals surface area contributed by atoms with Crippen LogP contribution in [0.3, 0.4) is 0 Å². The van der Waals surface area contributed by atoms with Crippen LogP contribution in [0.4, 0.5) is 0 Å². The summed E-state index contributed by atoms with van der Waals surface area (Å²) in [5, 5.41) is 12.3. The number of nitrogens with zero attached hydrogens (tertiary/aromatic N) is 3. The van der Waals surface area contributed by atoms with E-state index in [-0.39, 0.29) is 23.6 Å². The molecule has 1 N–H and O–H groups in total. The van der Waals surface area contributed by atoms with E-state index in [4.69, 9.17) is 5.26 Å². The number of amides is 1. The normalized spacial score (nSPS) is 10.4. The van der Waals surface area contributed by atoms with E-state index in [1.54, 1.807) is 16.7 Å². The first kappa shape index (κ1) is 17.0. The molecule has 0 saturated carbocycles. The van der Waals surface area contributed by atoms with Crippen molar-refractivity contribution in [3.63, 3.8) is 0 Å². The van der Waals surface area contributed by atoms with Crippen LogP contribution in [0.1, 0.15) is 19.8 Å². The molecular weight excluding hydrogens is 312 g/mol. The van der Waals surface area contributed by atoms with Crippen LogP contribution < -0.4 is 10.9 Å². The molecule has 0 saturated heterocycles. The van der Waals surface area contributed by atoms with Gasteiger partial charge in [-0.05, 0) is 18.6 Å². The zero-order valence-electron chi connectivity index (χ0n) is 12.9. The Labute approximate surface area is 138 Å². The lowest BCUT2D eigenvalue weighted by molar-refractivity contribution is -0.118. The van der Waals surface area contributed by atoms with E-state index in [0.29, 0.717) is 29.1 Å². The van der Waals surface area contributed by atoms with Crippen LogP contribution in [0.25, 0.3) is 10.9 Å². The molecule has 0 aliphatic rings. The van der Waals surface area contributed by atoms with Gasteiger partial charge in [0, 0.05) is 13.1 Å². The van der Waals surface area contributed by atoms with E-state index in [0.717, 1.165) is 6.42 Å². The van der Waals surface area contributed by atoms with E-state index >= 15 is 0 Å². The number of nitriles is 1. The molecule has 1 amide bonds. The van der Waals surface area contributed by atoms with Gasteiger partial charge in [0.15, 0.2) is 5.16 Å². The third-order valence-corrected chi connectivity index (χ3v) is 4.14. The van der Waals surface area contributed by atoms with Gasteiger partial charge in [0.25, 0.3) is 5.56 Å². The molecule has 7 heteroatoms. The van der Waals surface area contributed by atoms with Gasteiger partial charge in [0.2, 0.25) is 5.91 Å². The van der Waals surface area contributed by atoms with Crippen LogP contribution in [-0.2, 0) is 11.3 Å². The fourth-order valence-electron chi connectivity index (χ4n) is 2.12. The van der Waals surface area contributed by atoms with Crippen molar-refractivity contribution in [1.82, 2.24) is 14.9 Å². The maximum Gasteiger partial charge on any atom is 0.262 e. The summed E-state index contributed by atoms with van der Waals surface area (Å²) in [6, 6.07) is 9.18. The van der Waals surface area contributed by atoms with Crippen LogP contribution >= 0.6 is 11.8 Å². The molecule has 23 heavy (non-hydrogen) atoms. The van der Waals surface area contributed by atoms with Crippen molar-refractivity contribution in [2.75, 3.05) is 12.3 Å². The van der Waals surface area contributed by atoms with Gasteiger partial charge in [-0.2, -0.15) is 5.26 Å². The molecule has 0 aliphatic carbocycles. The lowest BCUT2D eigenvalue weighted by Gasteiger charge is -2.12. The molecule has 1 heterocycles. The van der Waals surface area contributed by atoms with Crippen molar-refractivity contribution in [1.29, 1.82) is 5.26 Å². The minimum absolute atomic E-state index is 0.0789. The van der Waals surface area contributed by atoms with Crippen molar-refractivity contribution in [3.8, 4) is 6.07 Å². The van der Waals surface area contributed by atoms with Gasteiger partial charge >= 0.3 is 0 Å². The zero-order valence-corrected chi connectivity index (χ0v) is 13.7. The lowest BCUT2D eigenvalue weighted by atomic mass is 10.2. The molecule has 0 aliphatic heterocycles. The third kappa shape index (κ3) is 4.33. The molecular formula is C16H18N4O2S. The number of carbonyl (C=O) groups excluding carboxylic acids is 1. The summed E-state index contributed by atoms with van der Waals surface area (Å²) in [4.78, 5) is 28.8. The summed E-state index contributed by atoms with van der Waals surface area (Å²) in [6.45, 7) is 2.89. The topological polar surface area (TPSA) is 87.8 Å². The van der Waals surface area contributed by atoms with E-state index < -0.39 is 0 Å². The number of benzene rings is 1. The van der Waals surface area contributed by atoms with Crippen LogP contribution in [0.15, 0.2) is 34.2 Å². The molecule has 1 aromatic carbocycles. The second kappa shape index (κ2) is 8.34. The monoisotopic (exact) mass is 330 g/mol. The first-order valence-corrected chi connectivity index (χ1v) is 8.42. The predicted molar refractivity (Wildman–Crippen MR) is 90.3 cm³/mol. The van der Waals surface area contributed by atoms with Crippen LogP contribution in [0.2, 0.25) is 0 Å². The second-order valence-corrected chi connectivity index (χ2v) is 5.86. The molecule has 1 aromatic heterocycles. The summed E-state index contributed by atoms with van der Waals surface area (Å²) in [5.74, 6) is -0.00405. The highest BCUT2D eigenvalue weighted by molar-refractivity contribution is 7.99. The highest BCUT2D eigenvalue weighted by Gasteiger charge is 2.12. The Kier molecular flexibility index (Phi) is 6.18. The minimum Gasteiger partial charge on any atom is -0.354 e. The highest BCUT2D eigenvalue weighted by Crippen LogP contribution is 2.17. The quantitative estimate of drug-likeness (QED) is 0.476. The maximum absolute atomic E-state index is 12.6. The van der Waals surface area contributed by atoms with Crippen molar-refractivity contribution < 1.29 is 4.79 Å². The Morgan fingerprint density at radius 1 is 1.43 bits per heavy atom. The van der Waals surface area contributed by atoms with Crippen LogP contribution in [0, 0.1) is 11.3 Å². The number of nitrogens with one attached hydrogen (secondary N) is 1. The van der Waals surface area contributed by atoms with E-state index in [9.17, 15) is 9.59 Å². The zero-order chi connectivity index (χ0) is 16.7. The molecule has 0 atom stereocenters. The Morgan fingerprint density at radius 3 is 2.96 bits per heavy atom. The Bertz CT molecular complexity index is 795. The number of hydrogen-bond acceptors (Lipinski definition) is 5. The second-order valence-electron chi connectivity index (χ2n) is 4.92. The Morgan fingerprint density at radius 2 is 2.22 bits per heavy atom. The van der Waals surface area contributed by atoms with Crippen molar-refractivity contribution in [3.05, 3.63) is 34.6 Å². The molecule has 0 bridgehead atoms. The molecule has 0 spiro atoms. The van der Waals surface area contributed by atoms with Gasteiger partial charge in [-0.3, -0.25) is 14.2 Å². The smallest absolute Gasteiger partial charge is 0.262 e. The average molecular weight is 330 g/mol. The van der Waals surface area contributed by atoms with Crippen LogP contribution in [-0.4, -0.2) is 27.8 Å². The summed E-state index contributed by atoms with van der Waals surface area (Å²) in [7, 11) is 0. The van der Waals surface area contributed by atoms with Gasteiger partial charge in [0.05, 0.1) is 29.1 Å². The largest absolute Gasteiger partial charge is 0.354 e. The average Bonchev–Trinajstić information content (AvgIpc) is 2.56. The first-order chi connectivity index (χ1) is 11.2. The Hall–Kier alpha value is -2.33. The van der Waals surface area contributed by atoms with Gasteiger partial charge in [-0.15, -0.1) is 0 Å². The number of thioether (sulfide) groups is 1. The number of para-hydroxylation sites is 1. The van der Waals surface area contributed by atoms with E-state index in [1.165, 1.54) is 11.8 Å². The van der Waals surface area contributed by atoms with E-state index in [2.05, 4.69) is 10.3 Å². The van der Waals surface area contributed by atoms with Crippen molar-refractivity contribution >= 4 is 28.6 Å². The molecule has 0 fully saturated rings. The van der Waals surface area contributed by atoms with Crippen molar-refractivity contribution in [2.45, 2.75) is 31.5 Å². The summed E-state index contributed by atoms with van der Waals surface area (Å²) < 4.78 is 1.62. The number of rotatable bonds is 7. The fraction of sp³-hybridized carbons (Fsp3) is 0.375. The number of fused-ring (bicyclic) bond motifs is 1. The third-order valence-electron chi connectivity index (χ3n) is 3.17. The lowest BCUT2D eigenvalue weighted by Crippen LogP contribution is -2.27. The molecule has 2 aromatic rings. The maximum atomic E-state index is 12.6. The predicted octanol–water partition coefficient (Wildman–Crippen LogP) is 1.93. The standard InChI is InChI=1S/C16H18N4O2S/c1-2-10-20-15(22)12-6-3-4-7-13(12)19-16(20)23-11-14(21)18-9-5-8-17/h3-4,6-7H,2,5,9-11H2,1H3,(H,18,21). The molecule has 2 rings (SSSR count). The minimum atomic E-state index is -0.171. The Balaban J connectivity index is 2.22. The molecule has 6 nitrogen and oxygen atoms in total.